The number of hydrogen-bond acceptors (Lipinski definition) is 5. The molecule has 0 unspecified atom stereocenters. The van der Waals surface area contributed by atoms with Crippen molar-refractivity contribution >= 4 is 22.0 Å². The van der Waals surface area contributed by atoms with Crippen LogP contribution in [-0.4, -0.2) is 74.7 Å². The zero-order valence-corrected chi connectivity index (χ0v) is 15.3. The van der Waals surface area contributed by atoms with Crippen LogP contribution in [0.4, 0.5) is 9.18 Å². The number of carbonyl (C=O) groups is 2. The smallest absolute Gasteiger partial charge is 0.409 e. The molecule has 10 heteroatoms. The van der Waals surface area contributed by atoms with Gasteiger partial charge in [-0.05, 0) is 19.1 Å². The molecule has 8 nitrogen and oxygen atoms in total. The minimum absolute atomic E-state index is 0.131. The molecule has 1 aliphatic heterocycles. The fourth-order valence-corrected chi connectivity index (χ4v) is 3.86. The SMILES string of the molecule is CCOC(=O)N1CCN(S(=O)(=O)CCNC(=O)c2ccccc2F)CC1. The van der Waals surface area contributed by atoms with Crippen molar-refractivity contribution in [2.45, 2.75) is 6.92 Å². The molecule has 1 aliphatic rings. The van der Waals surface area contributed by atoms with Gasteiger partial charge in [0.1, 0.15) is 5.82 Å². The molecule has 1 aromatic carbocycles. The number of rotatable bonds is 6. The van der Waals surface area contributed by atoms with Crippen LogP contribution < -0.4 is 5.32 Å². The van der Waals surface area contributed by atoms with E-state index in [1.807, 2.05) is 0 Å². The first-order valence-corrected chi connectivity index (χ1v) is 9.88. The number of piperazine rings is 1. The summed E-state index contributed by atoms with van der Waals surface area (Å²) >= 11 is 0. The molecule has 1 saturated heterocycles. The van der Waals surface area contributed by atoms with Crippen LogP contribution in [-0.2, 0) is 14.8 Å². The summed E-state index contributed by atoms with van der Waals surface area (Å²) in [4.78, 5) is 25.0. The van der Waals surface area contributed by atoms with Crippen molar-refractivity contribution < 1.29 is 27.1 Å². The van der Waals surface area contributed by atoms with E-state index in [2.05, 4.69) is 5.32 Å². The summed E-state index contributed by atoms with van der Waals surface area (Å²) in [5, 5.41) is 2.41. The molecular weight excluding hydrogens is 365 g/mol. The predicted octanol–water partition coefficient (Wildman–Crippen LogP) is 0.659. The van der Waals surface area contributed by atoms with Gasteiger partial charge in [0.25, 0.3) is 5.91 Å². The van der Waals surface area contributed by atoms with E-state index in [9.17, 15) is 22.4 Å². The highest BCUT2D eigenvalue weighted by molar-refractivity contribution is 7.89. The van der Waals surface area contributed by atoms with Gasteiger partial charge in [0, 0.05) is 32.7 Å². The van der Waals surface area contributed by atoms with E-state index < -0.39 is 27.8 Å². The van der Waals surface area contributed by atoms with E-state index in [1.165, 1.54) is 27.4 Å². The van der Waals surface area contributed by atoms with Gasteiger partial charge >= 0.3 is 6.09 Å². The topological polar surface area (TPSA) is 96.0 Å². The lowest BCUT2D eigenvalue weighted by molar-refractivity contribution is 0.0927. The standard InChI is InChI=1S/C16H22FN3O5S/c1-2-25-16(22)19-8-10-20(11-9-19)26(23,24)12-7-18-15(21)13-5-3-4-6-14(13)17/h3-6H,2,7-12H2,1H3,(H,18,21). The highest BCUT2D eigenvalue weighted by Crippen LogP contribution is 2.10. The van der Waals surface area contributed by atoms with E-state index in [1.54, 1.807) is 6.92 Å². The second-order valence-corrected chi connectivity index (χ2v) is 7.73. The second kappa shape index (κ2) is 8.95. The van der Waals surface area contributed by atoms with Crippen molar-refractivity contribution in [2.75, 3.05) is 45.1 Å². The van der Waals surface area contributed by atoms with Crippen LogP contribution in [0.2, 0.25) is 0 Å². The van der Waals surface area contributed by atoms with Gasteiger partial charge in [0.05, 0.1) is 17.9 Å². The molecule has 0 radical (unpaired) electrons. The second-order valence-electron chi connectivity index (χ2n) is 5.64. The van der Waals surface area contributed by atoms with Gasteiger partial charge in [0.15, 0.2) is 0 Å². The number of halogens is 1. The van der Waals surface area contributed by atoms with Gasteiger partial charge in [-0.1, -0.05) is 12.1 Å². The molecule has 2 amide bonds. The molecule has 144 valence electrons. The van der Waals surface area contributed by atoms with Crippen LogP contribution in [0, 0.1) is 5.82 Å². The largest absolute Gasteiger partial charge is 0.450 e. The van der Waals surface area contributed by atoms with E-state index in [4.69, 9.17) is 4.74 Å². The summed E-state index contributed by atoms with van der Waals surface area (Å²) in [5.74, 6) is -1.62. The van der Waals surface area contributed by atoms with Crippen LogP contribution in [0.1, 0.15) is 17.3 Å². The van der Waals surface area contributed by atoms with Crippen molar-refractivity contribution in [3.63, 3.8) is 0 Å². The Morgan fingerprint density at radius 3 is 2.46 bits per heavy atom. The number of ether oxygens (including phenoxy) is 1. The van der Waals surface area contributed by atoms with Crippen LogP contribution in [0.15, 0.2) is 24.3 Å². The highest BCUT2D eigenvalue weighted by Gasteiger charge is 2.29. The van der Waals surface area contributed by atoms with E-state index in [0.717, 1.165) is 6.07 Å². The molecule has 0 aliphatic carbocycles. The molecule has 0 saturated carbocycles. The van der Waals surface area contributed by atoms with Crippen molar-refractivity contribution in [1.82, 2.24) is 14.5 Å². The number of carbonyl (C=O) groups excluding carboxylic acids is 2. The zero-order valence-electron chi connectivity index (χ0n) is 14.5. The van der Waals surface area contributed by atoms with Gasteiger partial charge in [-0.25, -0.2) is 17.6 Å². The first-order valence-electron chi connectivity index (χ1n) is 8.27. The molecule has 0 aromatic heterocycles. The number of amides is 2. The van der Waals surface area contributed by atoms with Gasteiger partial charge in [0.2, 0.25) is 10.0 Å². The lowest BCUT2D eigenvalue weighted by Gasteiger charge is -2.33. The maximum Gasteiger partial charge on any atom is 0.409 e. The van der Waals surface area contributed by atoms with Crippen LogP contribution in [0.25, 0.3) is 0 Å². The van der Waals surface area contributed by atoms with Crippen LogP contribution in [0.5, 0.6) is 0 Å². The van der Waals surface area contributed by atoms with Crippen molar-refractivity contribution in [3.8, 4) is 0 Å². The van der Waals surface area contributed by atoms with Gasteiger partial charge in [-0.15, -0.1) is 0 Å². The average molecular weight is 387 g/mol. The Morgan fingerprint density at radius 1 is 1.19 bits per heavy atom. The van der Waals surface area contributed by atoms with Crippen molar-refractivity contribution in [3.05, 3.63) is 35.6 Å². The van der Waals surface area contributed by atoms with Crippen molar-refractivity contribution in [2.24, 2.45) is 0 Å². The Hall–Kier alpha value is -2.20. The Morgan fingerprint density at radius 2 is 1.85 bits per heavy atom. The Balaban J connectivity index is 1.81. The molecule has 0 bridgehead atoms. The molecule has 0 atom stereocenters. The molecule has 1 N–H and O–H groups in total. The lowest BCUT2D eigenvalue weighted by atomic mass is 10.2. The number of hydrogen-bond donors (Lipinski definition) is 1. The number of nitrogens with zero attached hydrogens (tertiary/aromatic N) is 2. The summed E-state index contributed by atoms with van der Waals surface area (Å²) in [5.41, 5.74) is -0.132. The maximum atomic E-state index is 13.5. The summed E-state index contributed by atoms with van der Waals surface area (Å²) in [7, 11) is -3.59. The number of benzene rings is 1. The monoisotopic (exact) mass is 387 g/mol. The van der Waals surface area contributed by atoms with E-state index >= 15 is 0 Å². The third kappa shape index (κ3) is 5.15. The lowest BCUT2D eigenvalue weighted by Crippen LogP contribution is -2.51. The van der Waals surface area contributed by atoms with E-state index in [-0.39, 0.29) is 50.6 Å². The average Bonchev–Trinajstić information content (AvgIpc) is 2.62. The molecule has 26 heavy (non-hydrogen) atoms. The normalized spacial score (nSPS) is 15.5. The predicted molar refractivity (Wildman–Crippen MR) is 92.7 cm³/mol. The third-order valence-corrected chi connectivity index (χ3v) is 5.79. The summed E-state index contributed by atoms with van der Waals surface area (Å²) in [6, 6.07) is 5.48. The van der Waals surface area contributed by atoms with Gasteiger partial charge < -0.3 is 15.0 Å². The zero-order chi connectivity index (χ0) is 19.2. The minimum Gasteiger partial charge on any atom is -0.450 e. The quantitative estimate of drug-likeness (QED) is 0.774. The number of nitrogens with one attached hydrogen (secondary N) is 1. The maximum absolute atomic E-state index is 13.5. The molecule has 0 spiro atoms. The Labute approximate surface area is 152 Å². The first kappa shape index (κ1) is 20.1. The van der Waals surface area contributed by atoms with Gasteiger partial charge in [-0.3, -0.25) is 4.79 Å². The Bertz CT molecular complexity index is 748. The number of sulfonamides is 1. The Kier molecular flexibility index (Phi) is 6.92. The molecule has 1 fully saturated rings. The molecular formula is C16H22FN3O5S. The third-order valence-electron chi connectivity index (χ3n) is 3.92. The van der Waals surface area contributed by atoms with Crippen molar-refractivity contribution in [1.29, 1.82) is 0 Å². The molecule has 1 heterocycles. The van der Waals surface area contributed by atoms with Crippen LogP contribution >= 0.6 is 0 Å². The highest BCUT2D eigenvalue weighted by atomic mass is 32.2. The summed E-state index contributed by atoms with van der Waals surface area (Å²) < 4.78 is 44.4. The van der Waals surface area contributed by atoms with E-state index in [0.29, 0.717) is 0 Å². The molecule has 2 rings (SSSR count). The minimum atomic E-state index is -3.59. The summed E-state index contributed by atoms with van der Waals surface area (Å²) in [6.45, 7) is 2.67. The fraction of sp³-hybridized carbons (Fsp3) is 0.500. The fourth-order valence-electron chi connectivity index (χ4n) is 2.53. The summed E-state index contributed by atoms with van der Waals surface area (Å²) in [6.07, 6.45) is -0.457. The molecule has 1 aromatic rings. The van der Waals surface area contributed by atoms with Crippen LogP contribution in [0.3, 0.4) is 0 Å². The van der Waals surface area contributed by atoms with Gasteiger partial charge in [-0.2, -0.15) is 4.31 Å². The first-order chi connectivity index (χ1) is 12.3.